The van der Waals surface area contributed by atoms with Crippen LogP contribution in [0.4, 0.5) is 15.3 Å². The lowest BCUT2D eigenvalue weighted by atomic mass is 10.1. The van der Waals surface area contributed by atoms with Crippen molar-refractivity contribution in [3.63, 3.8) is 0 Å². The number of hydrogen-bond donors (Lipinski definition) is 1. The number of pyridine rings is 1. The lowest BCUT2D eigenvalue weighted by Gasteiger charge is -2.19. The molecule has 6 nitrogen and oxygen atoms in total. The van der Waals surface area contributed by atoms with Crippen LogP contribution < -0.4 is 10.6 Å². The van der Waals surface area contributed by atoms with Gasteiger partial charge in [-0.1, -0.05) is 23.2 Å². The Kier molecular flexibility index (Phi) is 4.08. The van der Waals surface area contributed by atoms with Gasteiger partial charge < -0.3 is 10.6 Å². The van der Waals surface area contributed by atoms with Crippen molar-refractivity contribution in [1.82, 2.24) is 4.98 Å². The highest BCUT2D eigenvalue weighted by atomic mass is 35.5. The molecule has 0 saturated carbocycles. The quantitative estimate of drug-likeness (QED) is 0.666. The SMILES string of the molecule is Nc1cc(Cl)nc(Cl)c1N1CC(CS(=O)(=O)F)CC1=O. The molecule has 0 aliphatic carbocycles. The molecule has 1 amide bonds. The van der Waals surface area contributed by atoms with Crippen molar-refractivity contribution in [2.24, 2.45) is 5.92 Å². The summed E-state index contributed by atoms with van der Waals surface area (Å²) in [5.41, 5.74) is 6.05. The van der Waals surface area contributed by atoms with Crippen LogP contribution in [0.5, 0.6) is 0 Å². The number of rotatable bonds is 3. The monoisotopic (exact) mass is 341 g/mol. The molecule has 2 heterocycles. The summed E-state index contributed by atoms with van der Waals surface area (Å²) in [6.45, 7) is 0.00914. The van der Waals surface area contributed by atoms with Gasteiger partial charge in [0.05, 0.1) is 11.4 Å². The van der Waals surface area contributed by atoms with E-state index in [2.05, 4.69) is 4.98 Å². The zero-order chi connectivity index (χ0) is 15.1. The van der Waals surface area contributed by atoms with Crippen LogP contribution in [0.1, 0.15) is 6.42 Å². The summed E-state index contributed by atoms with van der Waals surface area (Å²) in [5.74, 6) is -1.76. The van der Waals surface area contributed by atoms with Gasteiger partial charge in [-0.25, -0.2) is 4.98 Å². The molecule has 20 heavy (non-hydrogen) atoms. The predicted molar refractivity (Wildman–Crippen MR) is 74.0 cm³/mol. The molecule has 1 saturated heterocycles. The average Bonchev–Trinajstić information content (AvgIpc) is 2.55. The molecule has 1 aliphatic heterocycles. The molecule has 1 atom stereocenters. The first-order valence-electron chi connectivity index (χ1n) is 5.51. The van der Waals surface area contributed by atoms with Gasteiger partial charge in [0.1, 0.15) is 10.8 Å². The molecule has 10 heteroatoms. The van der Waals surface area contributed by atoms with Crippen molar-refractivity contribution in [3.05, 3.63) is 16.4 Å². The normalized spacial score (nSPS) is 19.6. The van der Waals surface area contributed by atoms with Crippen molar-refractivity contribution in [2.75, 3.05) is 22.9 Å². The van der Waals surface area contributed by atoms with Gasteiger partial charge in [0.15, 0.2) is 5.15 Å². The number of hydrogen-bond acceptors (Lipinski definition) is 5. The predicted octanol–water partition coefficient (Wildman–Crippen LogP) is 1.62. The van der Waals surface area contributed by atoms with Gasteiger partial charge in [-0.3, -0.25) is 4.79 Å². The molecule has 1 aromatic heterocycles. The molecule has 0 radical (unpaired) electrons. The minimum absolute atomic E-state index is 0.00914. The molecule has 1 aliphatic rings. The fraction of sp³-hybridized carbons (Fsp3) is 0.400. The minimum Gasteiger partial charge on any atom is -0.397 e. The van der Waals surface area contributed by atoms with Crippen LogP contribution in [0.2, 0.25) is 10.3 Å². The molecule has 1 unspecified atom stereocenters. The van der Waals surface area contributed by atoms with Crippen molar-refractivity contribution in [1.29, 1.82) is 0 Å². The van der Waals surface area contributed by atoms with Crippen LogP contribution in [0.25, 0.3) is 0 Å². The van der Waals surface area contributed by atoms with Gasteiger partial charge in [-0.2, -0.15) is 8.42 Å². The molecular weight excluding hydrogens is 332 g/mol. The van der Waals surface area contributed by atoms with Crippen LogP contribution in [-0.4, -0.2) is 31.6 Å². The van der Waals surface area contributed by atoms with Crippen molar-refractivity contribution in [3.8, 4) is 0 Å². The van der Waals surface area contributed by atoms with E-state index in [-0.39, 0.29) is 34.6 Å². The maximum atomic E-state index is 12.7. The average molecular weight is 342 g/mol. The standard InChI is InChI=1S/C10H10Cl2FN3O3S/c11-7-2-6(14)9(10(12)15-7)16-3-5(1-8(16)17)4-20(13,18)19/h2,5H,1,3-4H2,(H2,14,15). The van der Waals surface area contributed by atoms with Gasteiger partial charge in [-0.05, 0) is 0 Å². The molecular formula is C10H10Cl2FN3O3S. The Hall–Kier alpha value is -1.12. The van der Waals surface area contributed by atoms with E-state index in [0.29, 0.717) is 0 Å². The third kappa shape index (κ3) is 3.31. The summed E-state index contributed by atoms with van der Waals surface area (Å²) in [7, 11) is -4.64. The van der Waals surface area contributed by atoms with E-state index in [1.807, 2.05) is 0 Å². The second kappa shape index (κ2) is 5.34. The highest BCUT2D eigenvalue weighted by molar-refractivity contribution is 7.86. The minimum atomic E-state index is -4.64. The smallest absolute Gasteiger partial charge is 0.302 e. The number of carbonyl (C=O) groups is 1. The Balaban J connectivity index is 2.29. The Labute approximate surface area is 124 Å². The van der Waals surface area contributed by atoms with E-state index < -0.39 is 27.8 Å². The van der Waals surface area contributed by atoms with Crippen molar-refractivity contribution < 1.29 is 17.1 Å². The highest BCUT2D eigenvalue weighted by Gasteiger charge is 2.35. The summed E-state index contributed by atoms with van der Waals surface area (Å²) in [4.78, 5) is 16.9. The van der Waals surface area contributed by atoms with E-state index in [1.165, 1.54) is 11.0 Å². The summed E-state index contributed by atoms with van der Waals surface area (Å²) in [6.07, 6.45) is -0.0957. The lowest BCUT2D eigenvalue weighted by molar-refractivity contribution is -0.117. The second-order valence-corrected chi connectivity index (χ2v) is 6.61. The Morgan fingerprint density at radius 1 is 1.50 bits per heavy atom. The fourth-order valence-electron chi connectivity index (χ4n) is 2.15. The van der Waals surface area contributed by atoms with Gasteiger partial charge in [0.25, 0.3) is 0 Å². The lowest BCUT2D eigenvalue weighted by Crippen LogP contribution is -2.27. The molecule has 0 spiro atoms. The largest absolute Gasteiger partial charge is 0.397 e. The first-order valence-corrected chi connectivity index (χ1v) is 7.82. The first kappa shape index (κ1) is 15.3. The molecule has 2 rings (SSSR count). The molecule has 1 aromatic rings. The molecule has 110 valence electrons. The van der Waals surface area contributed by atoms with Gasteiger partial charge >= 0.3 is 10.2 Å². The van der Waals surface area contributed by atoms with Crippen LogP contribution >= 0.6 is 23.2 Å². The van der Waals surface area contributed by atoms with E-state index in [4.69, 9.17) is 28.9 Å². The number of nitrogen functional groups attached to an aromatic ring is 1. The number of halogens is 3. The third-order valence-electron chi connectivity index (χ3n) is 2.86. The zero-order valence-corrected chi connectivity index (χ0v) is 12.3. The maximum absolute atomic E-state index is 12.7. The van der Waals surface area contributed by atoms with E-state index in [9.17, 15) is 17.1 Å². The van der Waals surface area contributed by atoms with Crippen LogP contribution in [0, 0.1) is 5.92 Å². The summed E-state index contributed by atoms with van der Waals surface area (Å²) in [5, 5.41) is 0.0119. The van der Waals surface area contributed by atoms with Crippen LogP contribution in [0.15, 0.2) is 6.07 Å². The Morgan fingerprint density at radius 3 is 2.70 bits per heavy atom. The van der Waals surface area contributed by atoms with Gasteiger partial charge in [0, 0.05) is 24.9 Å². The van der Waals surface area contributed by atoms with E-state index in [1.54, 1.807) is 0 Å². The summed E-state index contributed by atoms with van der Waals surface area (Å²) < 4.78 is 33.9. The molecule has 0 aromatic carbocycles. The van der Waals surface area contributed by atoms with Crippen molar-refractivity contribution >= 4 is 50.7 Å². The number of nitrogens with two attached hydrogens (primary N) is 1. The Bertz CT molecular complexity index is 645. The van der Waals surface area contributed by atoms with Crippen LogP contribution in [-0.2, 0) is 15.0 Å². The molecule has 2 N–H and O–H groups in total. The van der Waals surface area contributed by atoms with Crippen molar-refractivity contribution in [2.45, 2.75) is 6.42 Å². The maximum Gasteiger partial charge on any atom is 0.302 e. The number of amides is 1. The second-order valence-electron chi connectivity index (χ2n) is 4.45. The van der Waals surface area contributed by atoms with Crippen LogP contribution in [0.3, 0.4) is 0 Å². The van der Waals surface area contributed by atoms with Gasteiger partial charge in [0.2, 0.25) is 5.91 Å². The number of nitrogens with zero attached hydrogens (tertiary/aromatic N) is 2. The fourth-order valence-corrected chi connectivity index (χ4v) is 3.49. The first-order chi connectivity index (χ1) is 9.17. The topological polar surface area (TPSA) is 93.4 Å². The molecule has 1 fully saturated rings. The van der Waals surface area contributed by atoms with Gasteiger partial charge in [-0.15, -0.1) is 3.89 Å². The summed E-state index contributed by atoms with van der Waals surface area (Å²) in [6, 6.07) is 1.33. The number of carbonyl (C=O) groups excluding carboxylic acids is 1. The van der Waals surface area contributed by atoms with E-state index >= 15 is 0 Å². The molecule has 0 bridgehead atoms. The summed E-state index contributed by atoms with van der Waals surface area (Å²) >= 11 is 11.6. The number of anilines is 2. The zero-order valence-electron chi connectivity index (χ0n) is 10.0. The Morgan fingerprint density at radius 2 is 2.15 bits per heavy atom. The highest BCUT2D eigenvalue weighted by Crippen LogP contribution is 2.36. The number of aromatic nitrogens is 1. The third-order valence-corrected chi connectivity index (χ3v) is 4.18. The van der Waals surface area contributed by atoms with E-state index in [0.717, 1.165) is 0 Å².